The molecule has 3 N–H and O–H groups in total. The highest BCUT2D eigenvalue weighted by molar-refractivity contribution is 5.99. The van der Waals surface area contributed by atoms with Gasteiger partial charge in [0.25, 0.3) is 0 Å². The molecule has 1 aromatic rings. The number of hydrogen-bond acceptors (Lipinski definition) is 2. The van der Waals surface area contributed by atoms with Crippen molar-refractivity contribution >= 4 is 17.4 Å². The average molecular weight is 205 g/mol. The Morgan fingerprint density at radius 2 is 1.93 bits per heavy atom. The van der Waals surface area contributed by atoms with Gasteiger partial charge in [0.15, 0.2) is 0 Å². The number of benzene rings is 1. The zero-order chi connectivity index (χ0) is 11.6. The first-order chi connectivity index (χ1) is 6.93. The molecule has 0 saturated heterocycles. The van der Waals surface area contributed by atoms with Gasteiger partial charge in [-0.25, -0.2) is 4.79 Å². The van der Waals surface area contributed by atoms with Crippen LogP contribution >= 0.6 is 0 Å². The van der Waals surface area contributed by atoms with Gasteiger partial charge in [-0.1, -0.05) is 12.2 Å². The maximum Gasteiger partial charge on any atom is 0.335 e. The molecule has 1 aromatic carbocycles. The van der Waals surface area contributed by atoms with Crippen molar-refractivity contribution in [2.24, 2.45) is 5.73 Å². The number of hydrogen-bond donors (Lipinski definition) is 2. The zero-order valence-electron chi connectivity index (χ0n) is 8.28. The minimum absolute atomic E-state index is 0.109. The molecular formula is C11H11NO3. The van der Waals surface area contributed by atoms with Crippen molar-refractivity contribution in [3.05, 3.63) is 41.5 Å². The second kappa shape index (κ2) is 3.96. The number of aromatic carboxylic acids is 1. The molecule has 0 fully saturated rings. The maximum atomic E-state index is 11.0. The second-order valence-corrected chi connectivity index (χ2v) is 3.21. The lowest BCUT2D eigenvalue weighted by Gasteiger charge is -2.07. The van der Waals surface area contributed by atoms with E-state index >= 15 is 0 Å². The van der Waals surface area contributed by atoms with Crippen LogP contribution in [0.15, 0.2) is 24.8 Å². The van der Waals surface area contributed by atoms with Crippen LogP contribution in [0.4, 0.5) is 0 Å². The van der Waals surface area contributed by atoms with Crippen LogP contribution in [0.25, 0.3) is 5.57 Å². The van der Waals surface area contributed by atoms with Crippen LogP contribution in [0, 0.1) is 0 Å². The molecule has 4 nitrogen and oxygen atoms in total. The molecule has 0 saturated carbocycles. The summed E-state index contributed by atoms with van der Waals surface area (Å²) in [4.78, 5) is 21.8. The number of amides is 1. The van der Waals surface area contributed by atoms with E-state index in [1.807, 2.05) is 0 Å². The molecule has 0 aromatic heterocycles. The van der Waals surface area contributed by atoms with E-state index in [0.29, 0.717) is 11.1 Å². The minimum atomic E-state index is -1.05. The summed E-state index contributed by atoms with van der Waals surface area (Å²) in [6.07, 6.45) is 0. The van der Waals surface area contributed by atoms with E-state index in [1.165, 1.54) is 18.2 Å². The SMILES string of the molecule is C=C(C)c1cc(C(=O)O)ccc1C(N)=O. The lowest BCUT2D eigenvalue weighted by molar-refractivity contribution is 0.0696. The standard InChI is InChI=1S/C11H11NO3/c1-6(2)9-5-7(11(14)15)3-4-8(9)10(12)13/h3-5H,1H2,2H3,(H2,12,13)(H,14,15). The van der Waals surface area contributed by atoms with Crippen LogP contribution < -0.4 is 5.73 Å². The van der Waals surface area contributed by atoms with E-state index < -0.39 is 11.9 Å². The molecule has 0 bridgehead atoms. The van der Waals surface area contributed by atoms with Crippen molar-refractivity contribution < 1.29 is 14.7 Å². The van der Waals surface area contributed by atoms with Gasteiger partial charge in [-0.05, 0) is 30.7 Å². The Morgan fingerprint density at radius 1 is 1.33 bits per heavy atom. The van der Waals surface area contributed by atoms with Gasteiger partial charge < -0.3 is 10.8 Å². The van der Waals surface area contributed by atoms with Gasteiger partial charge in [0.1, 0.15) is 0 Å². The van der Waals surface area contributed by atoms with Crippen LogP contribution in [0.2, 0.25) is 0 Å². The first-order valence-corrected chi connectivity index (χ1v) is 4.26. The second-order valence-electron chi connectivity index (χ2n) is 3.21. The maximum absolute atomic E-state index is 11.0. The molecule has 1 rings (SSSR count). The van der Waals surface area contributed by atoms with Crippen LogP contribution in [-0.2, 0) is 0 Å². The topological polar surface area (TPSA) is 80.4 Å². The molecule has 4 heteroatoms. The Labute approximate surface area is 87.0 Å². The van der Waals surface area contributed by atoms with Crippen molar-refractivity contribution in [1.29, 1.82) is 0 Å². The lowest BCUT2D eigenvalue weighted by Crippen LogP contribution is -2.14. The van der Waals surface area contributed by atoms with Gasteiger partial charge in [0.2, 0.25) is 5.91 Å². The Balaban J connectivity index is 3.40. The fourth-order valence-electron chi connectivity index (χ4n) is 1.25. The van der Waals surface area contributed by atoms with E-state index in [1.54, 1.807) is 6.92 Å². The third kappa shape index (κ3) is 2.22. The van der Waals surface area contributed by atoms with Crippen molar-refractivity contribution in [3.8, 4) is 0 Å². The number of carboxylic acid groups (broad SMARTS) is 1. The van der Waals surface area contributed by atoms with Gasteiger partial charge >= 0.3 is 5.97 Å². The van der Waals surface area contributed by atoms with Crippen molar-refractivity contribution in [2.45, 2.75) is 6.92 Å². The highest BCUT2D eigenvalue weighted by Crippen LogP contribution is 2.19. The molecule has 0 aliphatic carbocycles. The fourth-order valence-corrected chi connectivity index (χ4v) is 1.25. The minimum Gasteiger partial charge on any atom is -0.478 e. The number of carbonyl (C=O) groups excluding carboxylic acids is 1. The third-order valence-electron chi connectivity index (χ3n) is 1.99. The van der Waals surface area contributed by atoms with Gasteiger partial charge in [0.05, 0.1) is 5.56 Å². The summed E-state index contributed by atoms with van der Waals surface area (Å²) in [5, 5.41) is 8.77. The summed E-state index contributed by atoms with van der Waals surface area (Å²) in [6.45, 7) is 5.36. The van der Waals surface area contributed by atoms with Gasteiger partial charge in [0, 0.05) is 5.56 Å². The summed E-state index contributed by atoms with van der Waals surface area (Å²) in [7, 11) is 0. The van der Waals surface area contributed by atoms with Gasteiger partial charge in [-0.2, -0.15) is 0 Å². The molecule has 78 valence electrons. The average Bonchev–Trinajstić information content (AvgIpc) is 2.16. The molecule has 1 amide bonds. The number of rotatable bonds is 3. The highest BCUT2D eigenvalue weighted by Gasteiger charge is 2.12. The normalized spacial score (nSPS) is 9.67. The highest BCUT2D eigenvalue weighted by atomic mass is 16.4. The Morgan fingerprint density at radius 3 is 2.33 bits per heavy atom. The summed E-state index contributed by atoms with van der Waals surface area (Å²) in [5.74, 6) is -1.64. The summed E-state index contributed by atoms with van der Waals surface area (Å²) in [6, 6.07) is 4.13. The molecule has 0 aliphatic rings. The summed E-state index contributed by atoms with van der Waals surface area (Å²) in [5.41, 5.74) is 6.62. The predicted molar refractivity (Wildman–Crippen MR) is 56.6 cm³/mol. The first kappa shape index (κ1) is 11.0. The van der Waals surface area contributed by atoms with Crippen LogP contribution in [0.1, 0.15) is 33.2 Å². The third-order valence-corrected chi connectivity index (χ3v) is 1.99. The van der Waals surface area contributed by atoms with Crippen molar-refractivity contribution in [2.75, 3.05) is 0 Å². The number of carboxylic acids is 1. The lowest BCUT2D eigenvalue weighted by atomic mass is 9.98. The number of allylic oxidation sites excluding steroid dienone is 1. The molecule has 0 aliphatic heterocycles. The van der Waals surface area contributed by atoms with Gasteiger partial charge in [-0.3, -0.25) is 4.79 Å². The Bertz CT molecular complexity index is 449. The van der Waals surface area contributed by atoms with E-state index in [-0.39, 0.29) is 11.1 Å². The molecule has 0 radical (unpaired) electrons. The van der Waals surface area contributed by atoms with E-state index in [2.05, 4.69) is 6.58 Å². The Kier molecular flexibility index (Phi) is 2.90. The predicted octanol–water partition coefficient (Wildman–Crippen LogP) is 1.52. The van der Waals surface area contributed by atoms with E-state index in [0.717, 1.165) is 0 Å². The monoisotopic (exact) mass is 205 g/mol. The van der Waals surface area contributed by atoms with Crippen LogP contribution in [-0.4, -0.2) is 17.0 Å². The van der Waals surface area contributed by atoms with Crippen LogP contribution in [0.5, 0.6) is 0 Å². The molecular weight excluding hydrogens is 194 g/mol. The van der Waals surface area contributed by atoms with Crippen molar-refractivity contribution in [1.82, 2.24) is 0 Å². The fraction of sp³-hybridized carbons (Fsp3) is 0.0909. The number of primary amides is 1. The molecule has 15 heavy (non-hydrogen) atoms. The van der Waals surface area contributed by atoms with Gasteiger partial charge in [-0.15, -0.1) is 0 Å². The number of nitrogens with two attached hydrogens (primary N) is 1. The molecule has 0 unspecified atom stereocenters. The number of carbonyl (C=O) groups is 2. The zero-order valence-corrected chi connectivity index (χ0v) is 8.28. The van der Waals surface area contributed by atoms with E-state index in [9.17, 15) is 9.59 Å². The summed E-state index contributed by atoms with van der Waals surface area (Å²) < 4.78 is 0. The van der Waals surface area contributed by atoms with Crippen molar-refractivity contribution in [3.63, 3.8) is 0 Å². The smallest absolute Gasteiger partial charge is 0.335 e. The van der Waals surface area contributed by atoms with E-state index in [4.69, 9.17) is 10.8 Å². The largest absolute Gasteiger partial charge is 0.478 e. The molecule has 0 heterocycles. The summed E-state index contributed by atoms with van der Waals surface area (Å²) >= 11 is 0. The first-order valence-electron chi connectivity index (χ1n) is 4.26. The molecule has 0 spiro atoms. The molecule has 0 atom stereocenters. The van der Waals surface area contributed by atoms with Crippen LogP contribution in [0.3, 0.4) is 0 Å². The Hall–Kier alpha value is -2.10. The quantitative estimate of drug-likeness (QED) is 0.784.